The maximum absolute atomic E-state index is 14.4. The molecule has 4 atom stereocenters. The Morgan fingerprint density at radius 1 is 0.933 bits per heavy atom. The largest absolute Gasteiger partial charge is 0.472 e. The van der Waals surface area contributed by atoms with Gasteiger partial charge in [-0.05, 0) is 92.8 Å². The van der Waals surface area contributed by atoms with Gasteiger partial charge < -0.3 is 38.4 Å². The number of nitrogens with one attached hydrogen (secondary N) is 3. The minimum absolute atomic E-state index is 0.0129. The highest BCUT2D eigenvalue weighted by Gasteiger charge is 2.30. The zero-order valence-electron chi connectivity index (χ0n) is 45.2. The summed E-state index contributed by atoms with van der Waals surface area (Å²) in [6, 6.07) is 12.5. The van der Waals surface area contributed by atoms with E-state index in [0.29, 0.717) is 47.2 Å². The smallest absolute Gasteiger partial charge is 0.462 e. The van der Waals surface area contributed by atoms with Gasteiger partial charge in [0.15, 0.2) is 6.10 Å². The van der Waals surface area contributed by atoms with Crippen molar-refractivity contribution >= 4 is 54.3 Å². The normalized spacial score (nSPS) is 16.6. The summed E-state index contributed by atoms with van der Waals surface area (Å²) in [7, 11) is 3.09. The van der Waals surface area contributed by atoms with Crippen LogP contribution in [-0.4, -0.2) is 126 Å². The number of terminal acetylenes is 1. The fraction of sp³-hybridized carbons (Fsp3) is 0.607. The van der Waals surface area contributed by atoms with Crippen LogP contribution in [-0.2, 0) is 51.0 Å². The number of imidazole rings is 1. The summed E-state index contributed by atoms with van der Waals surface area (Å²) in [6.45, 7) is 4.17. The van der Waals surface area contributed by atoms with Gasteiger partial charge in [-0.25, -0.2) is 14.3 Å². The number of likely N-dealkylation sites (N-methyl/N-ethyl adjacent to an activating group) is 1. The van der Waals surface area contributed by atoms with Crippen LogP contribution in [0.2, 0.25) is 0 Å². The van der Waals surface area contributed by atoms with Crippen molar-refractivity contribution in [1.82, 2.24) is 19.8 Å². The van der Waals surface area contributed by atoms with Gasteiger partial charge in [-0.1, -0.05) is 77.4 Å². The third-order valence-corrected chi connectivity index (χ3v) is 14.8. The molecule has 75 heavy (non-hydrogen) atoms. The van der Waals surface area contributed by atoms with E-state index in [-0.39, 0.29) is 55.6 Å². The molecule has 2 aliphatic carbocycles. The number of carbonyl (C=O) groups excluding carboxylic acids is 4. The quantitative estimate of drug-likeness (QED) is 0.00586. The van der Waals surface area contributed by atoms with Crippen molar-refractivity contribution in [2.75, 3.05) is 66.0 Å². The molecular weight excluding hydrogens is 978 g/mol. The van der Waals surface area contributed by atoms with Gasteiger partial charge in [0.05, 0.1) is 58.4 Å². The highest BCUT2D eigenvalue weighted by Crippen LogP contribution is 2.43. The first kappa shape index (κ1) is 60.3. The van der Waals surface area contributed by atoms with E-state index in [4.69, 9.17) is 40.1 Å². The van der Waals surface area contributed by atoms with Gasteiger partial charge in [0.2, 0.25) is 0 Å². The number of esters is 2. The molecule has 0 aliphatic heterocycles. The van der Waals surface area contributed by atoms with Crippen molar-refractivity contribution in [2.24, 2.45) is 24.8 Å². The second-order valence-electron chi connectivity index (χ2n) is 21.2. The van der Waals surface area contributed by atoms with Crippen LogP contribution in [0.15, 0.2) is 54.6 Å². The summed E-state index contributed by atoms with van der Waals surface area (Å²) in [5, 5.41) is 14.3. The Kier molecular flexibility index (Phi) is 24.3. The van der Waals surface area contributed by atoms with Crippen LogP contribution in [0.1, 0.15) is 138 Å². The topological polar surface area (TPSA) is 221 Å². The second-order valence-corrected chi connectivity index (χ2v) is 22.7. The number of amidine groups is 1. The number of aryl methyl sites for hydroxylation is 1. The average Bonchev–Trinajstić information content (AvgIpc) is 3.70. The van der Waals surface area contributed by atoms with Gasteiger partial charge in [0.25, 0.3) is 5.91 Å². The predicted molar refractivity (Wildman–Crippen MR) is 290 cm³/mol. The molecule has 2 saturated carbocycles. The molecule has 1 aromatic heterocycles. The first-order valence-electron chi connectivity index (χ1n) is 26.8. The van der Waals surface area contributed by atoms with Crippen LogP contribution in [0.3, 0.4) is 0 Å². The van der Waals surface area contributed by atoms with Gasteiger partial charge in [-0.15, -0.1) is 12.3 Å². The molecule has 0 bridgehead atoms. The van der Waals surface area contributed by atoms with E-state index in [0.717, 1.165) is 74.3 Å². The Hall–Kier alpha value is -5.57. The van der Waals surface area contributed by atoms with E-state index in [9.17, 15) is 28.6 Å². The molecule has 0 saturated heterocycles. The molecular formula is C56H83N7O11P+. The molecule has 2 amide bonds. The van der Waals surface area contributed by atoms with E-state index in [1.807, 2.05) is 77.0 Å². The fourth-order valence-corrected chi connectivity index (χ4v) is 10.2. The third-order valence-electron chi connectivity index (χ3n) is 13.8. The number of rotatable bonds is 29. The lowest BCUT2D eigenvalue weighted by Crippen LogP contribution is -2.43. The highest BCUT2D eigenvalue weighted by molar-refractivity contribution is 7.47. The molecule has 2 aromatic carbocycles. The molecule has 5 rings (SSSR count). The van der Waals surface area contributed by atoms with Crippen molar-refractivity contribution in [1.29, 1.82) is 5.41 Å². The van der Waals surface area contributed by atoms with Crippen molar-refractivity contribution < 1.29 is 56.4 Å². The van der Waals surface area contributed by atoms with E-state index < -0.39 is 45.2 Å². The van der Waals surface area contributed by atoms with E-state index in [1.54, 1.807) is 29.2 Å². The molecule has 4 unspecified atom stereocenters. The lowest BCUT2D eigenvalue weighted by Gasteiger charge is -2.34. The van der Waals surface area contributed by atoms with Gasteiger partial charge >= 0.3 is 25.9 Å². The van der Waals surface area contributed by atoms with Crippen LogP contribution in [0.4, 0.5) is 10.5 Å². The summed E-state index contributed by atoms with van der Waals surface area (Å²) < 4.78 is 42.1. The number of ether oxygens (including phenoxy) is 3. The molecule has 3 aromatic rings. The predicted octanol–water partition coefficient (Wildman–Crippen LogP) is 9.69. The number of phosphoric ester groups is 1. The minimum Gasteiger partial charge on any atom is -0.462 e. The summed E-state index contributed by atoms with van der Waals surface area (Å²) in [4.78, 5) is 70.1. The van der Waals surface area contributed by atoms with Crippen molar-refractivity contribution in [2.45, 2.75) is 135 Å². The van der Waals surface area contributed by atoms with Gasteiger partial charge in [0.1, 0.15) is 31.4 Å². The zero-order chi connectivity index (χ0) is 54.4. The SMILES string of the molecule is C#CC(C)CC(C)/C=C/CCC(=O)OC(COC(=O)CCN(C(=O)c1ccc2c(c1)nc(CNc1ccc(C(=N)NC(=O)OCCCC3CCCCC3)cc1)n2C)C1CCCCC1)COP(=O)(O)OCC[N+](C)(C)C. The van der Waals surface area contributed by atoms with E-state index in [1.165, 1.54) is 32.1 Å². The number of nitrogens with zero attached hydrogens (tertiary/aromatic N) is 4. The molecule has 2 aliphatic rings. The second kappa shape index (κ2) is 30.2. The summed E-state index contributed by atoms with van der Waals surface area (Å²) in [6.07, 6.45) is 21.4. The van der Waals surface area contributed by atoms with Crippen LogP contribution in [0.25, 0.3) is 11.0 Å². The Balaban J connectivity index is 1.15. The summed E-state index contributed by atoms with van der Waals surface area (Å²) in [5.41, 5.74) is 3.22. The number of aromatic nitrogens is 2. The van der Waals surface area contributed by atoms with E-state index >= 15 is 0 Å². The number of phosphoric acid groups is 1. The number of fused-ring (bicyclic) bond motifs is 1. The number of anilines is 1. The van der Waals surface area contributed by atoms with Gasteiger partial charge in [0, 0.05) is 48.8 Å². The van der Waals surface area contributed by atoms with Crippen molar-refractivity contribution in [3.05, 3.63) is 71.6 Å². The summed E-state index contributed by atoms with van der Waals surface area (Å²) >= 11 is 0. The van der Waals surface area contributed by atoms with Crippen LogP contribution in [0, 0.1) is 35.5 Å². The fourth-order valence-electron chi connectivity index (χ4n) is 9.42. The van der Waals surface area contributed by atoms with E-state index in [2.05, 4.69) is 16.6 Å². The first-order chi connectivity index (χ1) is 35.8. The number of hydrogen-bond acceptors (Lipinski definition) is 13. The summed E-state index contributed by atoms with van der Waals surface area (Å²) in [5.74, 6) is 2.97. The number of amides is 2. The lowest BCUT2D eigenvalue weighted by atomic mass is 9.86. The molecule has 18 nitrogen and oxygen atoms in total. The number of carbonyl (C=O) groups is 4. The maximum atomic E-state index is 14.4. The molecule has 0 spiro atoms. The number of hydrogen-bond donors (Lipinski definition) is 4. The molecule has 412 valence electrons. The molecule has 4 N–H and O–H groups in total. The number of benzene rings is 2. The molecule has 2 fully saturated rings. The Labute approximate surface area is 444 Å². The van der Waals surface area contributed by atoms with Crippen LogP contribution in [0.5, 0.6) is 0 Å². The third kappa shape index (κ3) is 21.5. The molecule has 19 heteroatoms. The first-order valence-corrected chi connectivity index (χ1v) is 28.3. The average molecular weight is 1060 g/mol. The van der Waals surface area contributed by atoms with Crippen LogP contribution >= 0.6 is 7.82 Å². The van der Waals surface area contributed by atoms with Crippen molar-refractivity contribution in [3.63, 3.8) is 0 Å². The van der Waals surface area contributed by atoms with Crippen molar-refractivity contribution in [3.8, 4) is 12.3 Å². The molecule has 0 radical (unpaired) electrons. The molecule has 1 heterocycles. The monoisotopic (exact) mass is 1060 g/mol. The number of alkyl carbamates (subject to hydrolysis) is 1. The minimum atomic E-state index is -4.54. The lowest BCUT2D eigenvalue weighted by molar-refractivity contribution is -0.870. The zero-order valence-corrected chi connectivity index (χ0v) is 46.1. The maximum Gasteiger partial charge on any atom is 0.472 e. The Morgan fingerprint density at radius 2 is 1.63 bits per heavy atom. The van der Waals surface area contributed by atoms with Gasteiger partial charge in [-0.2, -0.15) is 0 Å². The number of quaternary nitrogens is 1. The standard InChI is InChI=1S/C56H82N7O11P/c1-8-41(2)36-42(3)18-15-16-24-53(65)74-48(40-73-75(68,69)72-35-33-63(5,6)7)39-71-52(64)31-32-62(47-22-13-10-14-23-47)55(66)45-27-30-50-49(37-45)59-51(61(50)4)38-58-46-28-25-44(26-29-46)54(57)60-56(67)70-34-17-21-43-19-11-9-12-20-43/h1,15,18,25-30,37,41-43,47-48H,9-14,16-17,19-24,31-36,38-40H2,2-7H3,(H3-,57,58,60,67,68,69)/p+1/b18-15+. The Morgan fingerprint density at radius 3 is 2.32 bits per heavy atom. The highest BCUT2D eigenvalue weighted by atomic mass is 31.2. The Bertz CT molecular complexity index is 2450. The number of allylic oxidation sites excluding steroid dienone is 2. The van der Waals surface area contributed by atoms with Gasteiger partial charge in [-0.3, -0.25) is 34.2 Å². The van der Waals surface area contributed by atoms with Crippen LogP contribution < -0.4 is 10.6 Å².